The second-order valence-corrected chi connectivity index (χ2v) is 5.34. The molecule has 1 rings (SSSR count). The van der Waals surface area contributed by atoms with E-state index in [9.17, 15) is 9.18 Å². The predicted octanol–water partition coefficient (Wildman–Crippen LogP) is 3.05. The third-order valence-corrected chi connectivity index (χ3v) is 2.93. The number of methoxy groups -OCH3 is 1. The van der Waals surface area contributed by atoms with E-state index in [2.05, 4.69) is 21.2 Å². The third kappa shape index (κ3) is 4.07. The van der Waals surface area contributed by atoms with Crippen LogP contribution in [0.25, 0.3) is 0 Å². The quantitative estimate of drug-likeness (QED) is 0.848. The van der Waals surface area contributed by atoms with Crippen LogP contribution in [0.4, 0.5) is 4.39 Å². The van der Waals surface area contributed by atoms with Crippen molar-refractivity contribution >= 4 is 21.9 Å². The summed E-state index contributed by atoms with van der Waals surface area (Å²) in [6.45, 7) is 4.63. The summed E-state index contributed by atoms with van der Waals surface area (Å²) in [4.78, 5) is 11.7. The van der Waals surface area contributed by atoms with Gasteiger partial charge in [-0.05, 0) is 30.7 Å². The van der Waals surface area contributed by atoms with Gasteiger partial charge in [-0.1, -0.05) is 29.8 Å². The van der Waals surface area contributed by atoms with Gasteiger partial charge in [0, 0.05) is 10.0 Å². The van der Waals surface area contributed by atoms with Crippen molar-refractivity contribution in [1.82, 2.24) is 5.32 Å². The topological polar surface area (TPSA) is 38.3 Å². The first-order chi connectivity index (χ1) is 8.45. The summed E-state index contributed by atoms with van der Waals surface area (Å²) in [6.07, 6.45) is 0. The molecule has 0 aliphatic carbocycles. The molecule has 1 N–H and O–H groups in total. The highest BCUT2D eigenvalue weighted by atomic mass is 79.9. The molecule has 0 bridgehead atoms. The zero-order valence-electron chi connectivity index (χ0n) is 10.7. The summed E-state index contributed by atoms with van der Waals surface area (Å²) in [5, 5.41) is 3.02. The van der Waals surface area contributed by atoms with Gasteiger partial charge in [0.1, 0.15) is 11.9 Å². The summed E-state index contributed by atoms with van der Waals surface area (Å²) < 4.78 is 19.2. The van der Waals surface area contributed by atoms with Gasteiger partial charge in [-0.2, -0.15) is 0 Å². The second kappa shape index (κ2) is 6.85. The van der Waals surface area contributed by atoms with Crippen molar-refractivity contribution in [1.29, 1.82) is 0 Å². The van der Waals surface area contributed by atoms with Crippen LogP contribution in [-0.2, 0) is 9.53 Å². The smallest absolute Gasteiger partial charge is 0.327 e. The SMILES string of the molecule is COC(=O)C(NCC(C)C)c1cc(Br)ccc1F. The molecule has 100 valence electrons. The summed E-state index contributed by atoms with van der Waals surface area (Å²) in [7, 11) is 1.29. The Labute approximate surface area is 115 Å². The average molecular weight is 318 g/mol. The fourth-order valence-corrected chi connectivity index (χ4v) is 1.91. The van der Waals surface area contributed by atoms with Crippen LogP contribution in [-0.4, -0.2) is 19.6 Å². The number of hydrogen-bond acceptors (Lipinski definition) is 3. The fourth-order valence-electron chi connectivity index (χ4n) is 1.53. The van der Waals surface area contributed by atoms with Gasteiger partial charge in [-0.3, -0.25) is 0 Å². The molecule has 1 aromatic rings. The number of benzene rings is 1. The molecule has 0 saturated heterocycles. The zero-order valence-corrected chi connectivity index (χ0v) is 12.3. The molecule has 18 heavy (non-hydrogen) atoms. The van der Waals surface area contributed by atoms with Gasteiger partial charge < -0.3 is 10.1 Å². The zero-order chi connectivity index (χ0) is 13.7. The Kier molecular flexibility index (Phi) is 5.75. The van der Waals surface area contributed by atoms with E-state index >= 15 is 0 Å². The minimum atomic E-state index is -0.783. The van der Waals surface area contributed by atoms with Crippen LogP contribution >= 0.6 is 15.9 Å². The van der Waals surface area contributed by atoms with Crippen LogP contribution in [0.15, 0.2) is 22.7 Å². The highest BCUT2D eigenvalue weighted by Crippen LogP contribution is 2.23. The summed E-state index contributed by atoms with van der Waals surface area (Å²) in [6, 6.07) is 3.72. The van der Waals surface area contributed by atoms with Crippen molar-refractivity contribution in [3.63, 3.8) is 0 Å². The summed E-state index contributed by atoms with van der Waals surface area (Å²) in [5.41, 5.74) is 0.289. The minimum Gasteiger partial charge on any atom is -0.468 e. The van der Waals surface area contributed by atoms with Crippen molar-refractivity contribution in [2.45, 2.75) is 19.9 Å². The highest BCUT2D eigenvalue weighted by molar-refractivity contribution is 9.10. The molecule has 0 aromatic heterocycles. The number of halogens is 2. The van der Waals surface area contributed by atoms with E-state index in [1.165, 1.54) is 13.2 Å². The molecule has 0 spiro atoms. The van der Waals surface area contributed by atoms with E-state index in [0.29, 0.717) is 12.5 Å². The van der Waals surface area contributed by atoms with Gasteiger partial charge in [0.05, 0.1) is 7.11 Å². The molecule has 1 unspecified atom stereocenters. The maximum atomic E-state index is 13.8. The monoisotopic (exact) mass is 317 g/mol. The Balaban J connectivity index is 3.01. The van der Waals surface area contributed by atoms with E-state index in [0.717, 1.165) is 4.47 Å². The van der Waals surface area contributed by atoms with Crippen molar-refractivity contribution in [3.05, 3.63) is 34.1 Å². The molecule has 0 amide bonds. The fraction of sp³-hybridized carbons (Fsp3) is 0.462. The predicted molar refractivity (Wildman–Crippen MR) is 71.7 cm³/mol. The standard InChI is InChI=1S/C13H17BrFNO2/c1-8(2)7-16-12(13(17)18-3)10-6-9(14)4-5-11(10)15/h4-6,8,12,16H,7H2,1-3H3. The number of carbonyl (C=O) groups is 1. The molecule has 0 radical (unpaired) electrons. The molecule has 0 heterocycles. The first-order valence-electron chi connectivity index (χ1n) is 5.72. The Morgan fingerprint density at radius 2 is 2.17 bits per heavy atom. The maximum Gasteiger partial charge on any atom is 0.327 e. The number of ether oxygens (including phenoxy) is 1. The summed E-state index contributed by atoms with van der Waals surface area (Å²) >= 11 is 3.27. The minimum absolute atomic E-state index is 0.289. The first kappa shape index (κ1) is 15.1. The molecule has 0 fully saturated rings. The summed E-state index contributed by atoms with van der Waals surface area (Å²) in [5.74, 6) is -0.565. The Bertz CT molecular complexity index is 423. The van der Waals surface area contributed by atoms with Gasteiger partial charge in [0.2, 0.25) is 0 Å². The van der Waals surface area contributed by atoms with Crippen molar-refractivity contribution < 1.29 is 13.9 Å². The first-order valence-corrected chi connectivity index (χ1v) is 6.51. The molecule has 1 atom stereocenters. The van der Waals surface area contributed by atoms with E-state index in [-0.39, 0.29) is 5.56 Å². The molecule has 0 aliphatic heterocycles. The van der Waals surface area contributed by atoms with Gasteiger partial charge in [0.25, 0.3) is 0 Å². The Hall–Kier alpha value is -0.940. The lowest BCUT2D eigenvalue weighted by Crippen LogP contribution is -2.32. The van der Waals surface area contributed by atoms with Gasteiger partial charge in [-0.25, -0.2) is 9.18 Å². The van der Waals surface area contributed by atoms with E-state index in [1.807, 2.05) is 13.8 Å². The van der Waals surface area contributed by atoms with E-state index in [4.69, 9.17) is 4.74 Å². The number of esters is 1. The van der Waals surface area contributed by atoms with Crippen LogP contribution in [0.1, 0.15) is 25.5 Å². The molecule has 3 nitrogen and oxygen atoms in total. The number of rotatable bonds is 5. The maximum absolute atomic E-state index is 13.8. The number of carbonyl (C=O) groups excluding carboxylic acids is 1. The van der Waals surface area contributed by atoms with Gasteiger partial charge >= 0.3 is 5.97 Å². The molecule has 5 heteroatoms. The number of nitrogens with one attached hydrogen (secondary N) is 1. The largest absolute Gasteiger partial charge is 0.468 e. The molecule has 0 saturated carbocycles. The average Bonchev–Trinajstić information content (AvgIpc) is 2.32. The molecule has 0 aliphatic rings. The molecular weight excluding hydrogens is 301 g/mol. The second-order valence-electron chi connectivity index (χ2n) is 4.42. The number of hydrogen-bond donors (Lipinski definition) is 1. The van der Waals surface area contributed by atoms with Crippen LogP contribution in [0, 0.1) is 11.7 Å². The lowest BCUT2D eigenvalue weighted by atomic mass is 10.1. The van der Waals surface area contributed by atoms with Crippen LogP contribution in [0.2, 0.25) is 0 Å². The van der Waals surface area contributed by atoms with Crippen molar-refractivity contribution in [2.24, 2.45) is 5.92 Å². The van der Waals surface area contributed by atoms with Crippen LogP contribution in [0.3, 0.4) is 0 Å². The van der Waals surface area contributed by atoms with E-state index in [1.54, 1.807) is 12.1 Å². The lowest BCUT2D eigenvalue weighted by molar-refractivity contribution is -0.143. The van der Waals surface area contributed by atoms with Crippen molar-refractivity contribution in [2.75, 3.05) is 13.7 Å². The van der Waals surface area contributed by atoms with E-state index < -0.39 is 17.8 Å². The van der Waals surface area contributed by atoms with Gasteiger partial charge in [-0.15, -0.1) is 0 Å². The lowest BCUT2D eigenvalue weighted by Gasteiger charge is -2.19. The van der Waals surface area contributed by atoms with Crippen LogP contribution < -0.4 is 5.32 Å². The third-order valence-electron chi connectivity index (χ3n) is 2.44. The molecular formula is C13H17BrFNO2. The Morgan fingerprint density at radius 3 is 2.72 bits per heavy atom. The van der Waals surface area contributed by atoms with Crippen LogP contribution in [0.5, 0.6) is 0 Å². The van der Waals surface area contributed by atoms with Gasteiger partial charge in [0.15, 0.2) is 0 Å². The normalized spacial score (nSPS) is 12.6. The highest BCUT2D eigenvalue weighted by Gasteiger charge is 2.24. The molecule has 1 aromatic carbocycles. The Morgan fingerprint density at radius 1 is 1.50 bits per heavy atom. The van der Waals surface area contributed by atoms with Crippen molar-refractivity contribution in [3.8, 4) is 0 Å².